The summed E-state index contributed by atoms with van der Waals surface area (Å²) in [5.41, 5.74) is 2.44. The Kier molecular flexibility index (Phi) is 6.90. The van der Waals surface area contributed by atoms with Gasteiger partial charge in [0.15, 0.2) is 0 Å². The van der Waals surface area contributed by atoms with Crippen molar-refractivity contribution in [1.82, 2.24) is 9.80 Å². The van der Waals surface area contributed by atoms with Gasteiger partial charge in [0.2, 0.25) is 0 Å². The van der Waals surface area contributed by atoms with E-state index in [9.17, 15) is 19.4 Å². The lowest BCUT2D eigenvalue weighted by Gasteiger charge is -2.57. The second-order valence-electron chi connectivity index (χ2n) is 8.61. The summed E-state index contributed by atoms with van der Waals surface area (Å²) < 4.78 is 13.3. The standard InChI is InChI=1S/C26H29FN2O3/c1-18(31)4-5-19-6-8-20(9-7-19)25-23-16-28(14-2-3-15-29(23)24(25)17-30)26(32)21-10-12-22(27)13-11-21/h6-13,18,23-25,30-31H,2-3,14-17H2,1H3/t18-,23-,24+,25-/m0/s1. The van der Waals surface area contributed by atoms with Crippen molar-refractivity contribution >= 4 is 5.91 Å². The largest absolute Gasteiger partial charge is 0.395 e. The third-order valence-electron chi connectivity index (χ3n) is 6.47. The van der Waals surface area contributed by atoms with E-state index in [0.717, 1.165) is 30.5 Å². The fourth-order valence-electron chi connectivity index (χ4n) is 4.88. The van der Waals surface area contributed by atoms with Crippen molar-refractivity contribution < 1.29 is 19.4 Å². The number of fused-ring (bicyclic) bond motifs is 1. The fraction of sp³-hybridized carbons (Fsp3) is 0.423. The minimum absolute atomic E-state index is 0.0234. The third kappa shape index (κ3) is 4.71. The Bertz CT molecular complexity index is 994. The molecule has 6 heteroatoms. The number of hydrogen-bond donors (Lipinski definition) is 2. The molecule has 0 aromatic heterocycles. The molecule has 2 fully saturated rings. The summed E-state index contributed by atoms with van der Waals surface area (Å²) in [5.74, 6) is 5.37. The molecule has 0 aliphatic carbocycles. The Hall–Kier alpha value is -2.72. The van der Waals surface area contributed by atoms with Crippen molar-refractivity contribution in [2.75, 3.05) is 26.2 Å². The minimum Gasteiger partial charge on any atom is -0.395 e. The highest BCUT2D eigenvalue weighted by atomic mass is 19.1. The van der Waals surface area contributed by atoms with Gasteiger partial charge in [-0.25, -0.2) is 4.39 Å². The third-order valence-corrected chi connectivity index (χ3v) is 6.47. The normalized spacial score (nSPS) is 24.2. The average molecular weight is 437 g/mol. The van der Waals surface area contributed by atoms with Gasteiger partial charge in [-0.15, -0.1) is 0 Å². The van der Waals surface area contributed by atoms with Crippen LogP contribution in [0.5, 0.6) is 0 Å². The Morgan fingerprint density at radius 3 is 2.47 bits per heavy atom. The lowest BCUT2D eigenvalue weighted by molar-refractivity contribution is -0.0606. The van der Waals surface area contributed by atoms with Crippen LogP contribution in [0.25, 0.3) is 0 Å². The maximum atomic E-state index is 13.3. The summed E-state index contributed by atoms with van der Waals surface area (Å²) in [6.07, 6.45) is 1.18. The number of carbonyl (C=O) groups is 1. The van der Waals surface area contributed by atoms with E-state index in [1.165, 1.54) is 24.3 Å². The zero-order chi connectivity index (χ0) is 22.7. The summed E-state index contributed by atoms with van der Waals surface area (Å²) in [5, 5.41) is 19.4. The molecule has 1 amide bonds. The van der Waals surface area contributed by atoms with Gasteiger partial charge in [0, 0.05) is 42.2 Å². The van der Waals surface area contributed by atoms with Gasteiger partial charge in [0.25, 0.3) is 5.91 Å². The predicted octanol–water partition coefficient (Wildman–Crippen LogP) is 2.62. The van der Waals surface area contributed by atoms with Gasteiger partial charge in [-0.2, -0.15) is 0 Å². The van der Waals surface area contributed by atoms with Crippen LogP contribution < -0.4 is 0 Å². The zero-order valence-electron chi connectivity index (χ0n) is 18.2. The van der Waals surface area contributed by atoms with Crippen LogP contribution in [-0.4, -0.2) is 70.3 Å². The van der Waals surface area contributed by atoms with Crippen LogP contribution in [0.4, 0.5) is 4.39 Å². The van der Waals surface area contributed by atoms with Gasteiger partial charge in [-0.05, 0) is 68.3 Å². The molecule has 2 aliphatic rings. The highest BCUT2D eigenvalue weighted by Crippen LogP contribution is 2.42. The maximum Gasteiger partial charge on any atom is 0.253 e. The molecule has 4 atom stereocenters. The molecule has 2 heterocycles. The summed E-state index contributed by atoms with van der Waals surface area (Å²) >= 11 is 0. The van der Waals surface area contributed by atoms with Gasteiger partial charge < -0.3 is 15.1 Å². The molecule has 0 unspecified atom stereocenters. The Morgan fingerprint density at radius 2 is 1.81 bits per heavy atom. The first-order chi connectivity index (χ1) is 15.5. The molecule has 4 rings (SSSR count). The molecule has 0 spiro atoms. The Morgan fingerprint density at radius 1 is 1.12 bits per heavy atom. The number of hydrogen-bond acceptors (Lipinski definition) is 4. The van der Waals surface area contributed by atoms with E-state index in [0.29, 0.717) is 18.7 Å². The Balaban J connectivity index is 1.55. The second kappa shape index (κ2) is 9.83. The quantitative estimate of drug-likeness (QED) is 0.727. The van der Waals surface area contributed by atoms with Crippen molar-refractivity contribution in [2.45, 2.75) is 43.9 Å². The Labute approximate surface area is 188 Å². The van der Waals surface area contributed by atoms with Crippen molar-refractivity contribution in [3.63, 3.8) is 0 Å². The highest BCUT2D eigenvalue weighted by Gasteiger charge is 2.49. The monoisotopic (exact) mass is 436 g/mol. The second-order valence-corrected chi connectivity index (χ2v) is 8.61. The molecule has 0 saturated carbocycles. The molecular weight excluding hydrogens is 407 g/mol. The topological polar surface area (TPSA) is 64.0 Å². The van der Waals surface area contributed by atoms with Crippen LogP contribution in [-0.2, 0) is 0 Å². The number of benzene rings is 2. The lowest BCUT2D eigenvalue weighted by Crippen LogP contribution is -2.67. The lowest BCUT2D eigenvalue weighted by atomic mass is 9.74. The number of carbonyl (C=O) groups excluding carboxylic acids is 1. The van der Waals surface area contributed by atoms with E-state index >= 15 is 0 Å². The number of halogens is 1. The molecule has 0 radical (unpaired) electrons. The zero-order valence-corrected chi connectivity index (χ0v) is 18.2. The van der Waals surface area contributed by atoms with Crippen LogP contribution in [0, 0.1) is 17.7 Å². The molecule has 2 N–H and O–H groups in total. The number of amides is 1. The number of aliphatic hydroxyl groups is 2. The molecular formula is C26H29FN2O3. The van der Waals surface area contributed by atoms with E-state index < -0.39 is 6.10 Å². The van der Waals surface area contributed by atoms with Crippen molar-refractivity contribution in [3.05, 3.63) is 71.0 Å². The summed E-state index contributed by atoms with van der Waals surface area (Å²) in [4.78, 5) is 17.3. The van der Waals surface area contributed by atoms with Crippen LogP contribution in [0.15, 0.2) is 48.5 Å². The van der Waals surface area contributed by atoms with Gasteiger partial charge >= 0.3 is 0 Å². The van der Waals surface area contributed by atoms with Crippen molar-refractivity contribution in [1.29, 1.82) is 0 Å². The minimum atomic E-state index is -0.673. The fourth-order valence-corrected chi connectivity index (χ4v) is 4.88. The first-order valence-corrected chi connectivity index (χ1v) is 11.2. The van der Waals surface area contributed by atoms with E-state index in [1.807, 2.05) is 29.2 Å². The molecule has 2 aromatic carbocycles. The SMILES string of the molecule is C[C@H](O)C#Cc1ccc([C@@H]2[C@@H](CO)N3CCCCN(C(=O)c4ccc(F)cc4)C[C@@H]23)cc1. The summed E-state index contributed by atoms with van der Waals surface area (Å²) in [7, 11) is 0. The van der Waals surface area contributed by atoms with Crippen molar-refractivity contribution in [3.8, 4) is 11.8 Å². The van der Waals surface area contributed by atoms with Crippen LogP contribution in [0.1, 0.15) is 47.2 Å². The first kappa shape index (κ1) is 22.5. The number of nitrogens with zero attached hydrogens (tertiary/aromatic N) is 2. The molecule has 32 heavy (non-hydrogen) atoms. The number of aliphatic hydroxyl groups excluding tert-OH is 2. The molecule has 2 aliphatic heterocycles. The smallest absolute Gasteiger partial charge is 0.253 e. The summed E-state index contributed by atoms with van der Waals surface area (Å²) in [6.45, 7) is 3.84. The molecule has 2 aromatic rings. The van der Waals surface area contributed by atoms with Crippen molar-refractivity contribution in [2.24, 2.45) is 0 Å². The van der Waals surface area contributed by atoms with E-state index in [4.69, 9.17) is 0 Å². The first-order valence-electron chi connectivity index (χ1n) is 11.2. The van der Waals surface area contributed by atoms with Gasteiger partial charge in [0.1, 0.15) is 11.9 Å². The summed E-state index contributed by atoms with van der Waals surface area (Å²) in [6, 6.07) is 13.8. The maximum absolute atomic E-state index is 13.3. The van der Waals surface area contributed by atoms with Gasteiger partial charge in [-0.1, -0.05) is 24.0 Å². The number of rotatable bonds is 3. The average Bonchev–Trinajstić information content (AvgIpc) is 2.77. The van der Waals surface area contributed by atoms with Crippen LogP contribution in [0.2, 0.25) is 0 Å². The molecule has 5 nitrogen and oxygen atoms in total. The van der Waals surface area contributed by atoms with Crippen LogP contribution in [0.3, 0.4) is 0 Å². The highest BCUT2D eigenvalue weighted by molar-refractivity contribution is 5.94. The van der Waals surface area contributed by atoms with E-state index in [2.05, 4.69) is 16.7 Å². The molecule has 2 saturated heterocycles. The van der Waals surface area contributed by atoms with E-state index in [1.54, 1.807) is 6.92 Å². The van der Waals surface area contributed by atoms with Gasteiger partial charge in [-0.3, -0.25) is 9.69 Å². The van der Waals surface area contributed by atoms with E-state index in [-0.39, 0.29) is 36.3 Å². The van der Waals surface area contributed by atoms with Crippen LogP contribution >= 0.6 is 0 Å². The molecule has 0 bridgehead atoms. The molecule has 168 valence electrons. The predicted molar refractivity (Wildman–Crippen MR) is 121 cm³/mol. The van der Waals surface area contributed by atoms with Gasteiger partial charge in [0.05, 0.1) is 6.61 Å².